The van der Waals surface area contributed by atoms with Gasteiger partial charge in [0.1, 0.15) is 12.1 Å². The SMILES string of the molecule is CCOc1ccccc1NC(=O)Nc1cccn2ncnc12. The minimum atomic E-state index is -0.372. The van der Waals surface area contributed by atoms with Crippen LogP contribution in [0.15, 0.2) is 48.9 Å². The van der Waals surface area contributed by atoms with E-state index in [2.05, 4.69) is 20.7 Å². The zero-order valence-corrected chi connectivity index (χ0v) is 12.0. The smallest absolute Gasteiger partial charge is 0.323 e. The number of carbonyl (C=O) groups excluding carboxylic acids is 1. The van der Waals surface area contributed by atoms with Crippen molar-refractivity contribution < 1.29 is 9.53 Å². The number of benzene rings is 1. The van der Waals surface area contributed by atoms with Crippen LogP contribution < -0.4 is 15.4 Å². The van der Waals surface area contributed by atoms with Crippen LogP contribution in [0, 0.1) is 0 Å². The maximum atomic E-state index is 12.2. The summed E-state index contributed by atoms with van der Waals surface area (Å²) in [6, 6.07) is 10.4. The maximum Gasteiger partial charge on any atom is 0.323 e. The van der Waals surface area contributed by atoms with Crippen molar-refractivity contribution in [3.8, 4) is 5.75 Å². The average Bonchev–Trinajstić information content (AvgIpc) is 2.99. The number of fused-ring (bicyclic) bond motifs is 1. The highest BCUT2D eigenvalue weighted by Gasteiger charge is 2.10. The van der Waals surface area contributed by atoms with E-state index in [1.54, 1.807) is 35.0 Å². The van der Waals surface area contributed by atoms with Crippen molar-refractivity contribution in [2.24, 2.45) is 0 Å². The molecule has 3 aromatic rings. The van der Waals surface area contributed by atoms with Crippen molar-refractivity contribution in [2.75, 3.05) is 17.2 Å². The normalized spacial score (nSPS) is 10.4. The van der Waals surface area contributed by atoms with Gasteiger partial charge < -0.3 is 15.4 Å². The lowest BCUT2D eigenvalue weighted by Crippen LogP contribution is -2.20. The molecule has 1 aromatic carbocycles. The van der Waals surface area contributed by atoms with Gasteiger partial charge in [-0.25, -0.2) is 14.3 Å². The Hall–Kier alpha value is -3.09. The number of urea groups is 1. The number of para-hydroxylation sites is 2. The fourth-order valence-electron chi connectivity index (χ4n) is 2.07. The van der Waals surface area contributed by atoms with Gasteiger partial charge in [-0.05, 0) is 31.2 Å². The molecule has 0 spiro atoms. The Bertz CT molecular complexity index is 799. The number of carbonyl (C=O) groups is 1. The van der Waals surface area contributed by atoms with Crippen molar-refractivity contribution in [1.82, 2.24) is 14.6 Å². The fraction of sp³-hybridized carbons (Fsp3) is 0.133. The third kappa shape index (κ3) is 2.83. The molecule has 0 aliphatic carbocycles. The maximum absolute atomic E-state index is 12.2. The molecule has 112 valence electrons. The summed E-state index contributed by atoms with van der Waals surface area (Å²) in [5, 5.41) is 9.55. The molecule has 2 aromatic heterocycles. The first-order valence-electron chi connectivity index (χ1n) is 6.86. The zero-order valence-electron chi connectivity index (χ0n) is 12.0. The number of anilines is 2. The van der Waals surface area contributed by atoms with E-state index in [1.807, 2.05) is 19.1 Å². The lowest BCUT2D eigenvalue weighted by molar-refractivity contribution is 0.262. The fourth-order valence-corrected chi connectivity index (χ4v) is 2.07. The van der Waals surface area contributed by atoms with Gasteiger partial charge in [-0.2, -0.15) is 5.10 Å². The van der Waals surface area contributed by atoms with Crippen molar-refractivity contribution in [3.63, 3.8) is 0 Å². The van der Waals surface area contributed by atoms with E-state index >= 15 is 0 Å². The predicted octanol–water partition coefficient (Wildman–Crippen LogP) is 2.77. The van der Waals surface area contributed by atoms with Crippen LogP contribution in [0.3, 0.4) is 0 Å². The van der Waals surface area contributed by atoms with Gasteiger partial charge >= 0.3 is 6.03 Å². The van der Waals surface area contributed by atoms with Crippen LogP contribution >= 0.6 is 0 Å². The van der Waals surface area contributed by atoms with Gasteiger partial charge in [0.25, 0.3) is 0 Å². The van der Waals surface area contributed by atoms with E-state index < -0.39 is 0 Å². The molecule has 3 rings (SSSR count). The first kappa shape index (κ1) is 13.9. The van der Waals surface area contributed by atoms with E-state index in [0.29, 0.717) is 29.4 Å². The summed E-state index contributed by atoms with van der Waals surface area (Å²) < 4.78 is 7.06. The molecule has 7 heteroatoms. The van der Waals surface area contributed by atoms with Crippen molar-refractivity contribution in [3.05, 3.63) is 48.9 Å². The Balaban J connectivity index is 1.77. The third-order valence-corrected chi connectivity index (χ3v) is 2.99. The van der Waals surface area contributed by atoms with E-state index in [1.165, 1.54) is 6.33 Å². The van der Waals surface area contributed by atoms with E-state index in [4.69, 9.17) is 4.74 Å². The quantitative estimate of drug-likeness (QED) is 0.776. The van der Waals surface area contributed by atoms with Gasteiger partial charge in [-0.3, -0.25) is 0 Å². The standard InChI is InChI=1S/C15H15N5O2/c1-2-22-13-8-4-3-6-11(13)18-15(21)19-12-7-5-9-20-14(12)16-10-17-20/h3-10H,2H2,1H3,(H2,18,19,21). The summed E-state index contributed by atoms with van der Waals surface area (Å²) >= 11 is 0. The van der Waals surface area contributed by atoms with E-state index in [-0.39, 0.29) is 6.03 Å². The number of rotatable bonds is 4. The molecule has 0 aliphatic rings. The Morgan fingerprint density at radius 1 is 1.18 bits per heavy atom. The molecule has 0 radical (unpaired) electrons. The highest BCUT2D eigenvalue weighted by atomic mass is 16.5. The molecule has 0 aliphatic heterocycles. The highest BCUT2D eigenvalue weighted by Crippen LogP contribution is 2.24. The molecule has 7 nitrogen and oxygen atoms in total. The first-order chi connectivity index (χ1) is 10.8. The number of ether oxygens (including phenoxy) is 1. The molecular formula is C15H15N5O2. The van der Waals surface area contributed by atoms with Gasteiger partial charge in [-0.1, -0.05) is 12.1 Å². The predicted molar refractivity (Wildman–Crippen MR) is 83.2 cm³/mol. The van der Waals surface area contributed by atoms with Crippen molar-refractivity contribution >= 4 is 23.1 Å². The first-order valence-corrected chi connectivity index (χ1v) is 6.86. The Morgan fingerprint density at radius 2 is 1.95 bits per heavy atom. The van der Waals surface area contributed by atoms with Crippen LogP contribution in [0.25, 0.3) is 5.65 Å². The number of hydrogen-bond donors (Lipinski definition) is 2. The number of amides is 2. The number of pyridine rings is 1. The summed E-state index contributed by atoms with van der Waals surface area (Å²) in [6.45, 7) is 2.42. The lowest BCUT2D eigenvalue weighted by Gasteiger charge is -2.12. The third-order valence-electron chi connectivity index (χ3n) is 2.99. The van der Waals surface area contributed by atoms with Crippen LogP contribution in [0.4, 0.5) is 16.2 Å². The molecule has 2 N–H and O–H groups in total. The Labute approximate surface area is 126 Å². The molecule has 0 fully saturated rings. The Morgan fingerprint density at radius 3 is 2.82 bits per heavy atom. The zero-order chi connectivity index (χ0) is 15.4. The number of nitrogens with zero attached hydrogens (tertiary/aromatic N) is 3. The van der Waals surface area contributed by atoms with Crippen molar-refractivity contribution in [1.29, 1.82) is 0 Å². The summed E-state index contributed by atoms with van der Waals surface area (Å²) in [4.78, 5) is 16.3. The second kappa shape index (κ2) is 6.13. The average molecular weight is 297 g/mol. The number of aromatic nitrogens is 3. The topological polar surface area (TPSA) is 80.5 Å². The van der Waals surface area contributed by atoms with Gasteiger partial charge in [-0.15, -0.1) is 0 Å². The monoisotopic (exact) mass is 297 g/mol. The lowest BCUT2D eigenvalue weighted by atomic mass is 10.3. The molecule has 0 saturated heterocycles. The number of nitrogens with one attached hydrogen (secondary N) is 2. The highest BCUT2D eigenvalue weighted by molar-refractivity contribution is 6.02. The molecule has 0 unspecified atom stereocenters. The summed E-state index contributed by atoms with van der Waals surface area (Å²) in [5.41, 5.74) is 1.76. The van der Waals surface area contributed by atoms with Crippen LogP contribution in [-0.4, -0.2) is 27.2 Å². The van der Waals surface area contributed by atoms with Gasteiger partial charge in [0.05, 0.1) is 18.0 Å². The summed E-state index contributed by atoms with van der Waals surface area (Å²) in [7, 11) is 0. The van der Waals surface area contributed by atoms with Crippen LogP contribution in [-0.2, 0) is 0 Å². The van der Waals surface area contributed by atoms with Crippen LogP contribution in [0.1, 0.15) is 6.92 Å². The van der Waals surface area contributed by atoms with Crippen LogP contribution in [0.2, 0.25) is 0 Å². The molecule has 0 bridgehead atoms. The van der Waals surface area contributed by atoms with E-state index in [9.17, 15) is 4.79 Å². The minimum absolute atomic E-state index is 0.372. The second-order valence-electron chi connectivity index (χ2n) is 4.46. The van der Waals surface area contributed by atoms with Gasteiger partial charge in [0, 0.05) is 6.20 Å². The number of hydrogen-bond acceptors (Lipinski definition) is 4. The molecule has 2 amide bonds. The summed E-state index contributed by atoms with van der Waals surface area (Å²) in [6.07, 6.45) is 3.19. The second-order valence-corrected chi connectivity index (χ2v) is 4.46. The Kier molecular flexibility index (Phi) is 3.86. The molecule has 0 saturated carbocycles. The minimum Gasteiger partial charge on any atom is -0.492 e. The van der Waals surface area contributed by atoms with Crippen LogP contribution in [0.5, 0.6) is 5.75 Å². The largest absolute Gasteiger partial charge is 0.492 e. The molecule has 2 heterocycles. The molecular weight excluding hydrogens is 282 g/mol. The summed E-state index contributed by atoms with van der Waals surface area (Å²) in [5.74, 6) is 0.626. The molecule has 22 heavy (non-hydrogen) atoms. The van der Waals surface area contributed by atoms with Gasteiger partial charge in [0.2, 0.25) is 0 Å². The van der Waals surface area contributed by atoms with E-state index in [0.717, 1.165) is 0 Å². The van der Waals surface area contributed by atoms with Crippen molar-refractivity contribution in [2.45, 2.75) is 6.92 Å². The molecule has 0 atom stereocenters. The van der Waals surface area contributed by atoms with Gasteiger partial charge in [0.15, 0.2) is 5.65 Å².